The van der Waals surface area contributed by atoms with Crippen LogP contribution in [0.3, 0.4) is 0 Å². The molecule has 1 aliphatic carbocycles. The van der Waals surface area contributed by atoms with Crippen molar-refractivity contribution in [2.75, 3.05) is 15.9 Å². The zero-order valence-corrected chi connectivity index (χ0v) is 17.7. The smallest absolute Gasteiger partial charge is 0.255 e. The van der Waals surface area contributed by atoms with Crippen molar-refractivity contribution >= 4 is 27.3 Å². The van der Waals surface area contributed by atoms with Crippen LogP contribution >= 0.6 is 0 Å². The van der Waals surface area contributed by atoms with Crippen LogP contribution in [0.15, 0.2) is 60.7 Å². The van der Waals surface area contributed by atoms with E-state index in [9.17, 15) is 13.2 Å². The van der Waals surface area contributed by atoms with Crippen molar-refractivity contribution < 1.29 is 13.2 Å². The van der Waals surface area contributed by atoms with Crippen molar-refractivity contribution in [1.82, 2.24) is 0 Å². The van der Waals surface area contributed by atoms with E-state index >= 15 is 0 Å². The lowest BCUT2D eigenvalue weighted by atomic mass is 10.0. The Morgan fingerprint density at radius 1 is 0.967 bits per heavy atom. The molecule has 3 aromatic rings. The van der Waals surface area contributed by atoms with E-state index in [0.29, 0.717) is 17.7 Å². The number of hydrogen-bond acceptors (Lipinski definition) is 3. The van der Waals surface area contributed by atoms with Gasteiger partial charge in [-0.3, -0.25) is 9.10 Å². The maximum absolute atomic E-state index is 12.9. The Labute approximate surface area is 176 Å². The molecule has 1 heterocycles. The van der Waals surface area contributed by atoms with Gasteiger partial charge in [0.05, 0.1) is 11.9 Å². The van der Waals surface area contributed by atoms with Crippen LogP contribution in [0.5, 0.6) is 0 Å². The second-order valence-corrected chi connectivity index (χ2v) is 9.97. The number of fused-ring (bicyclic) bond motifs is 4. The summed E-state index contributed by atoms with van der Waals surface area (Å²) >= 11 is 0. The fourth-order valence-corrected chi connectivity index (χ4v) is 5.92. The third-order valence-corrected chi connectivity index (χ3v) is 7.18. The van der Waals surface area contributed by atoms with E-state index in [1.165, 1.54) is 27.3 Å². The van der Waals surface area contributed by atoms with Gasteiger partial charge in [-0.25, -0.2) is 8.42 Å². The summed E-state index contributed by atoms with van der Waals surface area (Å²) < 4.78 is 25.6. The molecule has 0 spiro atoms. The van der Waals surface area contributed by atoms with E-state index in [1.807, 2.05) is 31.2 Å². The van der Waals surface area contributed by atoms with E-state index in [-0.39, 0.29) is 11.9 Å². The number of benzene rings is 3. The van der Waals surface area contributed by atoms with Crippen molar-refractivity contribution in [1.29, 1.82) is 0 Å². The summed E-state index contributed by atoms with van der Waals surface area (Å²) in [7, 11) is -3.34. The number of carbonyl (C=O) groups is 1. The topological polar surface area (TPSA) is 66.5 Å². The third-order valence-electron chi connectivity index (χ3n) is 5.91. The predicted molar refractivity (Wildman–Crippen MR) is 120 cm³/mol. The normalized spacial score (nSPS) is 16.7. The van der Waals surface area contributed by atoms with Crippen LogP contribution in [0.25, 0.3) is 11.1 Å². The highest BCUT2D eigenvalue weighted by Gasteiger charge is 2.32. The molecule has 0 fully saturated rings. The number of sulfonamides is 1. The maximum atomic E-state index is 12.9. The number of hydrogen-bond donors (Lipinski definition) is 1. The average Bonchev–Trinajstić information content (AvgIpc) is 3.23. The molecule has 0 bridgehead atoms. The average molecular weight is 419 g/mol. The number of carbonyl (C=O) groups excluding carboxylic acids is 1. The monoisotopic (exact) mass is 418 g/mol. The van der Waals surface area contributed by atoms with Crippen LogP contribution in [0, 0.1) is 0 Å². The number of amides is 1. The van der Waals surface area contributed by atoms with E-state index in [1.54, 1.807) is 18.2 Å². The number of nitrogens with zero attached hydrogens (tertiary/aromatic N) is 1. The van der Waals surface area contributed by atoms with Gasteiger partial charge in [-0.1, -0.05) is 30.3 Å². The van der Waals surface area contributed by atoms with E-state index in [4.69, 9.17) is 0 Å². The summed E-state index contributed by atoms with van der Waals surface area (Å²) in [5.74, 6) is -0.200. The van der Waals surface area contributed by atoms with Crippen LogP contribution in [0.2, 0.25) is 0 Å². The molecule has 2 aliphatic rings. The largest absolute Gasteiger partial charge is 0.322 e. The van der Waals surface area contributed by atoms with E-state index in [0.717, 1.165) is 23.2 Å². The second kappa shape index (κ2) is 6.71. The highest BCUT2D eigenvalue weighted by atomic mass is 32.2. The summed E-state index contributed by atoms with van der Waals surface area (Å²) in [6.45, 7) is 1.88. The lowest BCUT2D eigenvalue weighted by Crippen LogP contribution is -2.34. The highest BCUT2D eigenvalue weighted by molar-refractivity contribution is 7.92. The van der Waals surface area contributed by atoms with Crippen molar-refractivity contribution in [3.8, 4) is 11.1 Å². The summed E-state index contributed by atoms with van der Waals surface area (Å²) in [5.41, 5.74) is 7.77. The van der Waals surface area contributed by atoms with Gasteiger partial charge in [-0.15, -0.1) is 0 Å². The molecule has 6 heteroatoms. The van der Waals surface area contributed by atoms with Crippen LogP contribution in [0.4, 0.5) is 11.4 Å². The second-order valence-electron chi connectivity index (χ2n) is 8.12. The lowest BCUT2D eigenvalue weighted by Gasteiger charge is -2.21. The van der Waals surface area contributed by atoms with Crippen LogP contribution in [-0.2, 0) is 22.9 Å². The molecule has 0 aromatic heterocycles. The van der Waals surface area contributed by atoms with Gasteiger partial charge in [0.25, 0.3) is 5.91 Å². The third kappa shape index (κ3) is 3.08. The quantitative estimate of drug-likeness (QED) is 0.542. The number of nitrogens with one attached hydrogen (secondary N) is 1. The van der Waals surface area contributed by atoms with E-state index in [2.05, 4.69) is 23.5 Å². The number of anilines is 2. The van der Waals surface area contributed by atoms with Gasteiger partial charge in [-0.05, 0) is 77.9 Å². The van der Waals surface area contributed by atoms with Gasteiger partial charge in [-0.2, -0.15) is 0 Å². The van der Waals surface area contributed by atoms with Crippen molar-refractivity contribution in [2.24, 2.45) is 0 Å². The molecule has 1 aliphatic heterocycles. The Bertz CT molecular complexity index is 1300. The van der Waals surface area contributed by atoms with Gasteiger partial charge in [0.1, 0.15) is 0 Å². The minimum Gasteiger partial charge on any atom is -0.322 e. The Morgan fingerprint density at radius 3 is 2.53 bits per heavy atom. The Hall–Kier alpha value is -3.12. The first-order chi connectivity index (χ1) is 14.3. The molecular weight excluding hydrogens is 396 g/mol. The summed E-state index contributed by atoms with van der Waals surface area (Å²) in [6.07, 6.45) is 2.73. The molecule has 30 heavy (non-hydrogen) atoms. The highest BCUT2D eigenvalue weighted by Crippen LogP contribution is 2.38. The van der Waals surface area contributed by atoms with Gasteiger partial charge in [0, 0.05) is 17.3 Å². The first kappa shape index (κ1) is 18.9. The van der Waals surface area contributed by atoms with Crippen molar-refractivity contribution in [2.45, 2.75) is 25.8 Å². The molecule has 1 amide bonds. The molecule has 5 nitrogen and oxygen atoms in total. The SMILES string of the molecule is C[C@@H]1Cc2cc(C(=O)Nc3ccc4c(c3)-c3ccccc3C4)ccc2N1S(C)(=O)=O. The fraction of sp³-hybridized carbons (Fsp3) is 0.208. The van der Waals surface area contributed by atoms with E-state index < -0.39 is 10.0 Å². The lowest BCUT2D eigenvalue weighted by molar-refractivity contribution is 0.102. The molecule has 3 aromatic carbocycles. The van der Waals surface area contributed by atoms with Gasteiger partial charge in [0.15, 0.2) is 0 Å². The van der Waals surface area contributed by atoms with Crippen molar-refractivity contribution in [3.05, 3.63) is 82.9 Å². The standard InChI is InChI=1S/C24H22N2O3S/c1-15-11-19-13-18(8-10-23(19)26(15)30(2,28)29)24(27)25-20-9-7-17-12-16-5-3-4-6-21(16)22(17)14-20/h3-10,13-15H,11-12H2,1-2H3,(H,25,27)/t15-/m1/s1. The first-order valence-corrected chi connectivity index (χ1v) is 11.8. The molecule has 0 unspecified atom stereocenters. The Kier molecular flexibility index (Phi) is 4.22. The first-order valence-electron chi connectivity index (χ1n) is 9.96. The molecule has 0 radical (unpaired) electrons. The maximum Gasteiger partial charge on any atom is 0.255 e. The molecule has 1 atom stereocenters. The van der Waals surface area contributed by atoms with Gasteiger partial charge in [0.2, 0.25) is 10.0 Å². The van der Waals surface area contributed by atoms with Crippen LogP contribution < -0.4 is 9.62 Å². The fourth-order valence-electron chi connectivity index (χ4n) is 4.65. The molecule has 5 rings (SSSR count). The van der Waals surface area contributed by atoms with Gasteiger partial charge < -0.3 is 5.32 Å². The predicted octanol–water partition coefficient (Wildman–Crippen LogP) is 4.22. The van der Waals surface area contributed by atoms with Crippen molar-refractivity contribution in [3.63, 3.8) is 0 Å². The summed E-state index contributed by atoms with van der Waals surface area (Å²) in [5, 5.41) is 2.99. The zero-order chi connectivity index (χ0) is 21.0. The Morgan fingerprint density at radius 2 is 1.73 bits per heavy atom. The summed E-state index contributed by atoms with van der Waals surface area (Å²) in [6, 6.07) is 19.4. The molecule has 0 saturated carbocycles. The Balaban J connectivity index is 1.41. The number of rotatable bonds is 3. The molecular formula is C24H22N2O3S. The molecule has 0 saturated heterocycles. The summed E-state index contributed by atoms with van der Waals surface area (Å²) in [4.78, 5) is 12.9. The van der Waals surface area contributed by atoms with Crippen LogP contribution in [-0.4, -0.2) is 26.6 Å². The minimum atomic E-state index is -3.34. The van der Waals surface area contributed by atoms with Crippen LogP contribution in [0.1, 0.15) is 34.0 Å². The molecule has 152 valence electrons. The minimum absolute atomic E-state index is 0.148. The van der Waals surface area contributed by atoms with Gasteiger partial charge >= 0.3 is 0 Å². The zero-order valence-electron chi connectivity index (χ0n) is 16.8. The molecule has 1 N–H and O–H groups in total.